The van der Waals surface area contributed by atoms with E-state index in [0.717, 1.165) is 19.2 Å². The Balaban J connectivity index is 1.69. The Morgan fingerprint density at radius 1 is 1.32 bits per heavy atom. The summed E-state index contributed by atoms with van der Waals surface area (Å²) in [7, 11) is 0. The molecule has 1 fully saturated rings. The van der Waals surface area contributed by atoms with E-state index in [4.69, 9.17) is 4.74 Å². The number of rotatable bonds is 7. The van der Waals surface area contributed by atoms with Crippen LogP contribution in [-0.4, -0.2) is 64.6 Å². The number of amides is 1. The molecule has 8 nitrogen and oxygen atoms in total. The first-order valence-corrected chi connectivity index (χ1v) is 7.93. The largest absolute Gasteiger partial charge is 0.445 e. The second-order valence-electron chi connectivity index (χ2n) is 6.00. The SMILES string of the molecule is C=CCOC(=O)NC1=CC(=O)c2cn(CC(O)CN3CC3)cc2C1=O. The summed E-state index contributed by atoms with van der Waals surface area (Å²) in [5.74, 6) is -0.850. The fourth-order valence-corrected chi connectivity index (χ4v) is 2.64. The van der Waals surface area contributed by atoms with Crippen molar-refractivity contribution in [2.45, 2.75) is 12.6 Å². The zero-order valence-corrected chi connectivity index (χ0v) is 13.6. The van der Waals surface area contributed by atoms with Crippen LogP contribution in [0.4, 0.5) is 4.79 Å². The van der Waals surface area contributed by atoms with Crippen LogP contribution in [0, 0.1) is 0 Å². The van der Waals surface area contributed by atoms with Crippen LogP contribution >= 0.6 is 0 Å². The highest BCUT2D eigenvalue weighted by Crippen LogP contribution is 2.22. The Morgan fingerprint density at radius 3 is 2.72 bits per heavy atom. The predicted molar refractivity (Wildman–Crippen MR) is 88.3 cm³/mol. The summed E-state index contributed by atoms with van der Waals surface area (Å²) in [5, 5.41) is 12.3. The molecule has 0 saturated carbocycles. The van der Waals surface area contributed by atoms with Crippen molar-refractivity contribution in [3.8, 4) is 0 Å². The number of β-amino-alcohol motifs (C(OH)–C–C–N with tert-alkyl or cyclic N) is 1. The molecule has 3 rings (SSSR count). The molecular weight excluding hydrogens is 326 g/mol. The van der Waals surface area contributed by atoms with Gasteiger partial charge in [0.05, 0.1) is 22.9 Å². The highest BCUT2D eigenvalue weighted by molar-refractivity contribution is 6.25. The molecule has 2 aliphatic rings. The molecule has 1 aliphatic carbocycles. The lowest BCUT2D eigenvalue weighted by atomic mass is 9.97. The predicted octanol–water partition coefficient (Wildman–Crippen LogP) is 0.340. The van der Waals surface area contributed by atoms with Crippen LogP contribution in [-0.2, 0) is 11.3 Å². The number of hydrogen-bond donors (Lipinski definition) is 2. The molecule has 1 aromatic rings. The summed E-state index contributed by atoms with van der Waals surface area (Å²) in [5.41, 5.74) is 0.327. The molecular formula is C17H19N3O5. The van der Waals surface area contributed by atoms with E-state index < -0.39 is 18.0 Å². The smallest absolute Gasteiger partial charge is 0.412 e. The standard InChI is InChI=1S/C17H19N3O5/c1-2-5-25-17(24)18-14-6-15(22)12-9-20(10-13(12)16(14)23)8-11(21)7-19-3-4-19/h2,6,9-11,21H,1,3-5,7-8H2,(H,18,24). The molecule has 0 spiro atoms. The van der Waals surface area contributed by atoms with E-state index in [1.165, 1.54) is 12.3 Å². The number of ether oxygens (including phenoxy) is 1. The monoisotopic (exact) mass is 345 g/mol. The first-order valence-electron chi connectivity index (χ1n) is 7.93. The number of Topliss-reactive ketones (excluding diaryl/α,β-unsaturated/α-hetero) is 1. The third-order valence-electron chi connectivity index (χ3n) is 3.91. The van der Waals surface area contributed by atoms with Crippen LogP contribution in [0.2, 0.25) is 0 Å². The number of aliphatic hydroxyl groups excluding tert-OH is 1. The molecule has 1 atom stereocenters. The Bertz CT molecular complexity index is 760. The van der Waals surface area contributed by atoms with Gasteiger partial charge in [-0.15, -0.1) is 0 Å². The Hall–Kier alpha value is -2.71. The van der Waals surface area contributed by atoms with Gasteiger partial charge in [-0.05, 0) is 0 Å². The fraction of sp³-hybridized carbons (Fsp3) is 0.353. The van der Waals surface area contributed by atoms with Crippen LogP contribution in [0.15, 0.2) is 36.8 Å². The zero-order chi connectivity index (χ0) is 18.0. The van der Waals surface area contributed by atoms with Gasteiger partial charge in [0.1, 0.15) is 6.61 Å². The Labute approximate surface area is 144 Å². The molecule has 0 bridgehead atoms. The second-order valence-corrected chi connectivity index (χ2v) is 6.00. The van der Waals surface area contributed by atoms with Crippen molar-refractivity contribution in [2.75, 3.05) is 26.2 Å². The molecule has 0 aromatic carbocycles. The van der Waals surface area contributed by atoms with E-state index in [0.29, 0.717) is 6.54 Å². The molecule has 1 unspecified atom stereocenters. The van der Waals surface area contributed by atoms with E-state index in [1.54, 1.807) is 10.8 Å². The second kappa shape index (κ2) is 7.04. The topological polar surface area (TPSA) is 101 Å². The van der Waals surface area contributed by atoms with E-state index >= 15 is 0 Å². The summed E-state index contributed by atoms with van der Waals surface area (Å²) in [6.07, 6.45) is 4.12. The van der Waals surface area contributed by atoms with Gasteiger partial charge in [-0.25, -0.2) is 4.79 Å². The first-order chi connectivity index (χ1) is 12.0. The quantitative estimate of drug-likeness (QED) is 0.546. The van der Waals surface area contributed by atoms with Crippen molar-refractivity contribution in [2.24, 2.45) is 0 Å². The van der Waals surface area contributed by atoms with Crippen molar-refractivity contribution in [1.29, 1.82) is 0 Å². The van der Waals surface area contributed by atoms with Crippen molar-refractivity contribution >= 4 is 17.7 Å². The maximum Gasteiger partial charge on any atom is 0.412 e. The van der Waals surface area contributed by atoms with Gasteiger partial charge in [0.25, 0.3) is 0 Å². The maximum absolute atomic E-state index is 12.5. The van der Waals surface area contributed by atoms with Gasteiger partial charge in [0.15, 0.2) is 5.78 Å². The summed E-state index contributed by atoms with van der Waals surface area (Å²) in [6, 6.07) is 0. The fourth-order valence-electron chi connectivity index (χ4n) is 2.64. The number of nitrogens with zero attached hydrogens (tertiary/aromatic N) is 2. The lowest BCUT2D eigenvalue weighted by Crippen LogP contribution is -2.31. The van der Waals surface area contributed by atoms with Crippen molar-refractivity contribution in [1.82, 2.24) is 14.8 Å². The molecule has 0 radical (unpaired) electrons. The normalized spacial score (nSPS) is 17.6. The number of allylic oxidation sites excluding steroid dienone is 2. The minimum Gasteiger partial charge on any atom is -0.445 e. The van der Waals surface area contributed by atoms with Gasteiger partial charge < -0.3 is 14.4 Å². The molecule has 1 amide bonds. The summed E-state index contributed by atoms with van der Waals surface area (Å²) in [4.78, 5) is 38.3. The molecule has 1 aromatic heterocycles. The third kappa shape index (κ3) is 4.04. The van der Waals surface area contributed by atoms with Crippen LogP contribution in [0.1, 0.15) is 20.7 Å². The van der Waals surface area contributed by atoms with E-state index in [2.05, 4.69) is 16.8 Å². The average molecular weight is 345 g/mol. The Morgan fingerprint density at radius 2 is 2.04 bits per heavy atom. The van der Waals surface area contributed by atoms with Crippen molar-refractivity contribution in [3.05, 3.63) is 47.9 Å². The maximum atomic E-state index is 12.5. The number of alkyl carbamates (subject to hydrolysis) is 1. The number of nitrogens with one attached hydrogen (secondary N) is 1. The van der Waals surface area contributed by atoms with Crippen LogP contribution in [0.25, 0.3) is 0 Å². The number of carbonyl (C=O) groups is 3. The van der Waals surface area contributed by atoms with Gasteiger partial charge in [0, 0.05) is 44.6 Å². The number of carbonyl (C=O) groups excluding carboxylic acids is 3. The molecule has 2 heterocycles. The lowest BCUT2D eigenvalue weighted by molar-refractivity contribution is 0.0975. The minimum atomic E-state index is -0.830. The van der Waals surface area contributed by atoms with Crippen molar-refractivity contribution < 1.29 is 24.2 Å². The van der Waals surface area contributed by atoms with Gasteiger partial charge in [-0.2, -0.15) is 0 Å². The van der Waals surface area contributed by atoms with Crippen LogP contribution in [0.5, 0.6) is 0 Å². The number of aromatic nitrogens is 1. The highest BCUT2D eigenvalue weighted by atomic mass is 16.5. The number of aliphatic hydroxyl groups is 1. The summed E-state index contributed by atoms with van der Waals surface area (Å²) < 4.78 is 6.38. The van der Waals surface area contributed by atoms with Crippen LogP contribution in [0.3, 0.4) is 0 Å². The first kappa shape index (κ1) is 17.1. The average Bonchev–Trinajstić information content (AvgIpc) is 3.26. The molecule has 8 heteroatoms. The number of ketones is 2. The minimum absolute atomic E-state index is 0.00220. The van der Waals surface area contributed by atoms with E-state index in [-0.39, 0.29) is 35.8 Å². The molecule has 1 saturated heterocycles. The van der Waals surface area contributed by atoms with E-state index in [1.807, 2.05) is 0 Å². The molecule has 132 valence electrons. The number of hydrogen-bond acceptors (Lipinski definition) is 6. The van der Waals surface area contributed by atoms with Gasteiger partial charge in [-0.1, -0.05) is 12.7 Å². The molecule has 25 heavy (non-hydrogen) atoms. The van der Waals surface area contributed by atoms with E-state index in [9.17, 15) is 19.5 Å². The van der Waals surface area contributed by atoms with Gasteiger partial charge in [0.2, 0.25) is 5.78 Å². The lowest BCUT2D eigenvalue weighted by Gasteiger charge is -2.12. The molecule has 1 aliphatic heterocycles. The Kier molecular flexibility index (Phi) is 4.82. The van der Waals surface area contributed by atoms with Gasteiger partial charge >= 0.3 is 6.09 Å². The highest BCUT2D eigenvalue weighted by Gasteiger charge is 2.29. The summed E-state index contributed by atoms with van der Waals surface area (Å²) in [6.45, 7) is 6.23. The third-order valence-corrected chi connectivity index (χ3v) is 3.91. The van der Waals surface area contributed by atoms with Crippen LogP contribution < -0.4 is 5.32 Å². The number of fused-ring (bicyclic) bond motifs is 1. The van der Waals surface area contributed by atoms with Crippen molar-refractivity contribution in [3.63, 3.8) is 0 Å². The summed E-state index contributed by atoms with van der Waals surface area (Å²) >= 11 is 0. The van der Waals surface area contributed by atoms with Gasteiger partial charge in [-0.3, -0.25) is 19.8 Å². The molecule has 2 N–H and O–H groups in total. The zero-order valence-electron chi connectivity index (χ0n) is 13.6.